The summed E-state index contributed by atoms with van der Waals surface area (Å²) in [5.41, 5.74) is 3.85. The highest BCUT2D eigenvalue weighted by molar-refractivity contribution is 6.33. The number of hydrogen-bond donors (Lipinski definition) is 1. The third-order valence-electron chi connectivity index (χ3n) is 6.59. The lowest BCUT2D eigenvalue weighted by Crippen LogP contribution is -2.40. The zero-order chi connectivity index (χ0) is 25.4. The molecule has 8 nitrogen and oxygen atoms in total. The number of aromatic nitrogens is 5. The number of halogens is 1. The zero-order valence-corrected chi connectivity index (χ0v) is 21.6. The summed E-state index contributed by atoms with van der Waals surface area (Å²) in [7, 11) is 0. The smallest absolute Gasteiger partial charge is 0.260 e. The summed E-state index contributed by atoms with van der Waals surface area (Å²) < 4.78 is 7.48. The van der Waals surface area contributed by atoms with E-state index in [0.29, 0.717) is 40.9 Å². The van der Waals surface area contributed by atoms with Gasteiger partial charge in [0.25, 0.3) is 5.56 Å². The molecule has 0 bridgehead atoms. The maximum atomic E-state index is 13.5. The number of aryl methyl sites for hydroxylation is 2. The molecule has 0 radical (unpaired) electrons. The Labute approximate surface area is 214 Å². The molecular weight excluding hydrogens is 476 g/mol. The van der Waals surface area contributed by atoms with Crippen LogP contribution >= 0.6 is 11.6 Å². The molecule has 1 atom stereocenters. The van der Waals surface area contributed by atoms with E-state index in [1.54, 1.807) is 23.2 Å². The molecule has 1 fully saturated rings. The van der Waals surface area contributed by atoms with Gasteiger partial charge in [-0.2, -0.15) is 4.98 Å². The first-order chi connectivity index (χ1) is 17.3. The normalized spacial score (nSPS) is 17.3. The predicted molar refractivity (Wildman–Crippen MR) is 142 cm³/mol. The Hall–Kier alpha value is -3.36. The first kappa shape index (κ1) is 24.3. The Kier molecular flexibility index (Phi) is 6.49. The minimum Gasteiger partial charge on any atom is -0.375 e. The van der Waals surface area contributed by atoms with Crippen molar-refractivity contribution in [3.05, 3.63) is 63.9 Å². The number of anilines is 1. The molecule has 186 valence electrons. The van der Waals surface area contributed by atoms with Crippen molar-refractivity contribution >= 4 is 28.6 Å². The molecule has 5 rings (SSSR count). The van der Waals surface area contributed by atoms with Crippen LogP contribution in [-0.2, 0) is 11.3 Å². The molecule has 0 unspecified atom stereocenters. The fourth-order valence-corrected chi connectivity index (χ4v) is 5.11. The quantitative estimate of drug-likeness (QED) is 0.395. The van der Waals surface area contributed by atoms with E-state index in [-0.39, 0.29) is 17.2 Å². The minimum atomic E-state index is -0.187. The van der Waals surface area contributed by atoms with Crippen molar-refractivity contribution in [3.8, 4) is 22.4 Å². The lowest BCUT2D eigenvalue weighted by atomic mass is 9.94. The molecule has 1 N–H and O–H groups in total. The molecule has 4 heterocycles. The standard InChI is InChI=1S/C27H29ClN6O2/c1-5-34-24-18(15-31-26(33-24)32-19-8-11-36-27(3,4)14-19)12-21(25(34)35)20-7-6-17(13-22(20)28)23-16(2)29-9-10-30-23/h6-7,9-10,12-13,15,19H,5,8,11,14H2,1-4H3,(H,31,32,33)/t19-/m0/s1. The van der Waals surface area contributed by atoms with Crippen molar-refractivity contribution < 1.29 is 4.74 Å². The molecule has 3 aromatic heterocycles. The predicted octanol–water partition coefficient (Wildman–Crippen LogP) is 5.27. The number of nitrogens with zero attached hydrogens (tertiary/aromatic N) is 5. The van der Waals surface area contributed by atoms with Crippen molar-refractivity contribution in [2.45, 2.75) is 58.7 Å². The van der Waals surface area contributed by atoms with Crippen LogP contribution in [0.25, 0.3) is 33.4 Å². The summed E-state index contributed by atoms with van der Waals surface area (Å²) in [6, 6.07) is 7.63. The molecule has 0 saturated carbocycles. The Balaban J connectivity index is 1.52. The maximum Gasteiger partial charge on any atom is 0.260 e. The Morgan fingerprint density at radius 2 is 1.97 bits per heavy atom. The van der Waals surface area contributed by atoms with Gasteiger partial charge in [0.2, 0.25) is 5.95 Å². The molecule has 0 amide bonds. The van der Waals surface area contributed by atoms with Crippen molar-refractivity contribution in [2.75, 3.05) is 11.9 Å². The van der Waals surface area contributed by atoms with E-state index in [2.05, 4.69) is 34.1 Å². The SMILES string of the molecule is CCn1c(=O)c(-c2ccc(-c3nccnc3C)cc2Cl)cc2cnc(N[C@H]3CCOC(C)(C)C3)nc21. The van der Waals surface area contributed by atoms with Crippen LogP contribution in [0.15, 0.2) is 47.7 Å². The van der Waals surface area contributed by atoms with E-state index in [0.717, 1.165) is 35.2 Å². The van der Waals surface area contributed by atoms with Crippen LogP contribution in [0.3, 0.4) is 0 Å². The van der Waals surface area contributed by atoms with Crippen molar-refractivity contribution in [1.29, 1.82) is 0 Å². The maximum absolute atomic E-state index is 13.5. The van der Waals surface area contributed by atoms with Gasteiger partial charge in [-0.3, -0.25) is 19.3 Å². The average Bonchev–Trinajstić information content (AvgIpc) is 2.84. The van der Waals surface area contributed by atoms with Gasteiger partial charge in [0, 0.05) is 64.9 Å². The summed E-state index contributed by atoms with van der Waals surface area (Å²) >= 11 is 6.69. The van der Waals surface area contributed by atoms with Crippen LogP contribution in [0.4, 0.5) is 5.95 Å². The van der Waals surface area contributed by atoms with Crippen molar-refractivity contribution in [2.24, 2.45) is 0 Å². The van der Waals surface area contributed by atoms with Gasteiger partial charge in [-0.15, -0.1) is 0 Å². The summed E-state index contributed by atoms with van der Waals surface area (Å²) in [5, 5.41) is 4.67. The highest BCUT2D eigenvalue weighted by Gasteiger charge is 2.29. The van der Waals surface area contributed by atoms with Crippen molar-refractivity contribution in [3.63, 3.8) is 0 Å². The van der Waals surface area contributed by atoms with Gasteiger partial charge >= 0.3 is 0 Å². The molecule has 1 aliphatic heterocycles. The average molecular weight is 505 g/mol. The summed E-state index contributed by atoms with van der Waals surface area (Å²) in [5.74, 6) is 0.515. The molecule has 1 aromatic carbocycles. The van der Waals surface area contributed by atoms with Gasteiger partial charge in [0.05, 0.1) is 17.0 Å². The lowest BCUT2D eigenvalue weighted by Gasteiger charge is -2.35. The second kappa shape index (κ2) is 9.59. The van der Waals surface area contributed by atoms with Gasteiger partial charge < -0.3 is 10.1 Å². The summed E-state index contributed by atoms with van der Waals surface area (Å²) in [6.45, 7) is 9.17. The van der Waals surface area contributed by atoms with Gasteiger partial charge in [-0.1, -0.05) is 23.7 Å². The molecule has 9 heteroatoms. The first-order valence-corrected chi connectivity index (χ1v) is 12.5. The second-order valence-corrected chi connectivity index (χ2v) is 10.1. The highest BCUT2D eigenvalue weighted by atomic mass is 35.5. The highest BCUT2D eigenvalue weighted by Crippen LogP contribution is 2.32. The molecule has 1 saturated heterocycles. The van der Waals surface area contributed by atoms with Crippen LogP contribution in [0, 0.1) is 6.92 Å². The van der Waals surface area contributed by atoms with Gasteiger partial charge in [-0.25, -0.2) is 4.98 Å². The van der Waals surface area contributed by atoms with Crippen LogP contribution in [0.5, 0.6) is 0 Å². The van der Waals surface area contributed by atoms with E-state index >= 15 is 0 Å². The van der Waals surface area contributed by atoms with E-state index in [1.165, 1.54) is 0 Å². The molecule has 1 aliphatic rings. The number of nitrogens with one attached hydrogen (secondary N) is 1. The molecule has 4 aromatic rings. The Bertz CT molecular complexity index is 1500. The van der Waals surface area contributed by atoms with Crippen LogP contribution in [0.1, 0.15) is 39.3 Å². The minimum absolute atomic E-state index is 0.146. The van der Waals surface area contributed by atoms with Gasteiger partial charge in [0.15, 0.2) is 0 Å². The second-order valence-electron chi connectivity index (χ2n) is 9.71. The van der Waals surface area contributed by atoms with E-state index < -0.39 is 0 Å². The molecule has 0 aliphatic carbocycles. The third-order valence-corrected chi connectivity index (χ3v) is 6.90. The van der Waals surface area contributed by atoms with Crippen molar-refractivity contribution in [1.82, 2.24) is 24.5 Å². The zero-order valence-electron chi connectivity index (χ0n) is 20.9. The number of ether oxygens (including phenoxy) is 1. The molecular formula is C27H29ClN6O2. The van der Waals surface area contributed by atoms with Crippen LogP contribution in [-0.4, -0.2) is 42.8 Å². The van der Waals surface area contributed by atoms with Crippen LogP contribution < -0.4 is 10.9 Å². The van der Waals surface area contributed by atoms with E-state index in [9.17, 15) is 4.79 Å². The Morgan fingerprint density at radius 1 is 1.17 bits per heavy atom. The number of pyridine rings is 1. The topological polar surface area (TPSA) is 94.8 Å². The largest absolute Gasteiger partial charge is 0.375 e. The van der Waals surface area contributed by atoms with E-state index in [1.807, 2.05) is 38.1 Å². The summed E-state index contributed by atoms with van der Waals surface area (Å²) in [6.07, 6.45) is 6.81. The fourth-order valence-electron chi connectivity index (χ4n) is 4.82. The first-order valence-electron chi connectivity index (χ1n) is 12.1. The van der Waals surface area contributed by atoms with Gasteiger partial charge in [-0.05, 0) is 52.7 Å². The van der Waals surface area contributed by atoms with Crippen LogP contribution in [0.2, 0.25) is 5.02 Å². The number of hydrogen-bond acceptors (Lipinski definition) is 7. The molecule has 36 heavy (non-hydrogen) atoms. The fraction of sp³-hybridized carbons (Fsp3) is 0.370. The van der Waals surface area contributed by atoms with E-state index in [4.69, 9.17) is 21.3 Å². The third kappa shape index (κ3) is 4.70. The number of benzene rings is 1. The lowest BCUT2D eigenvalue weighted by molar-refractivity contribution is -0.0553. The molecule has 0 spiro atoms. The number of fused-ring (bicyclic) bond motifs is 1. The Morgan fingerprint density at radius 3 is 2.69 bits per heavy atom. The number of rotatable bonds is 5. The monoisotopic (exact) mass is 504 g/mol. The summed E-state index contributed by atoms with van der Waals surface area (Å²) in [4.78, 5) is 31.5. The van der Waals surface area contributed by atoms with Gasteiger partial charge in [0.1, 0.15) is 5.65 Å².